The van der Waals surface area contributed by atoms with Crippen molar-refractivity contribution >= 4 is 41.2 Å². The van der Waals surface area contributed by atoms with Gasteiger partial charge in [0, 0.05) is 0 Å². The molecule has 0 aliphatic carbocycles. The molecule has 1 rings (SSSR count). The highest BCUT2D eigenvalue weighted by molar-refractivity contribution is 9.31. The van der Waals surface area contributed by atoms with E-state index < -0.39 is 0 Å². The molecule has 54 valence electrons. The molecular formula is C5H10S4. The van der Waals surface area contributed by atoms with Crippen LogP contribution >= 0.6 is 41.2 Å². The summed E-state index contributed by atoms with van der Waals surface area (Å²) in [6.07, 6.45) is 4.13. The predicted molar refractivity (Wildman–Crippen MR) is 53.7 cm³/mol. The second kappa shape index (κ2) is 5.10. The Labute approximate surface area is 71.9 Å². The van der Waals surface area contributed by atoms with Crippen LogP contribution in [-0.4, -0.2) is 4.58 Å². The van der Waals surface area contributed by atoms with Crippen LogP contribution in [0.1, 0.15) is 26.2 Å². The molecule has 0 atom stereocenters. The number of rotatable bonds is 3. The van der Waals surface area contributed by atoms with Gasteiger partial charge in [-0.15, -0.1) is 0 Å². The van der Waals surface area contributed by atoms with Gasteiger partial charge in [-0.1, -0.05) is 41.4 Å². The highest BCUT2D eigenvalue weighted by Crippen LogP contribution is 2.59. The average molecular weight is 198 g/mol. The van der Waals surface area contributed by atoms with Gasteiger partial charge in [0.2, 0.25) is 0 Å². The van der Waals surface area contributed by atoms with Crippen molar-refractivity contribution in [3.63, 3.8) is 0 Å². The maximum absolute atomic E-state index is 2.25. The number of hydrogen-bond donors (Lipinski definition) is 0. The van der Waals surface area contributed by atoms with Crippen molar-refractivity contribution in [2.24, 2.45) is 0 Å². The fourth-order valence-electron chi connectivity index (χ4n) is 0.603. The minimum Gasteiger partial charge on any atom is -0.0664 e. The smallest absolute Gasteiger partial charge is 0.0664 e. The van der Waals surface area contributed by atoms with E-state index in [0.717, 1.165) is 4.58 Å². The molecule has 0 nitrogen and oxygen atoms in total. The fourth-order valence-corrected chi connectivity index (χ4v) is 9.57. The van der Waals surface area contributed by atoms with Crippen LogP contribution in [0.2, 0.25) is 0 Å². The van der Waals surface area contributed by atoms with Crippen LogP contribution in [-0.2, 0) is 0 Å². The summed E-state index contributed by atoms with van der Waals surface area (Å²) in [6, 6.07) is 0. The molecular weight excluding hydrogens is 188 g/mol. The van der Waals surface area contributed by atoms with Crippen LogP contribution in [0, 0.1) is 0 Å². The van der Waals surface area contributed by atoms with Crippen LogP contribution < -0.4 is 0 Å². The molecule has 1 aliphatic rings. The first-order chi connectivity index (χ1) is 4.43. The number of unbranched alkanes of at least 4 members (excludes halogenated alkanes) is 1. The van der Waals surface area contributed by atoms with Gasteiger partial charge in [0.25, 0.3) is 0 Å². The first kappa shape index (κ1) is 8.50. The van der Waals surface area contributed by atoms with Gasteiger partial charge in [0.05, 0.1) is 4.58 Å². The zero-order chi connectivity index (χ0) is 6.53. The summed E-state index contributed by atoms with van der Waals surface area (Å²) in [4.78, 5) is 0. The Hall–Kier alpha value is 1.40. The summed E-state index contributed by atoms with van der Waals surface area (Å²) in [7, 11) is 7.91. The first-order valence-corrected chi connectivity index (χ1v) is 8.03. The molecule has 0 bridgehead atoms. The molecule has 4 heteroatoms. The van der Waals surface area contributed by atoms with Crippen LogP contribution in [0.3, 0.4) is 0 Å². The molecule has 0 radical (unpaired) electrons. The van der Waals surface area contributed by atoms with Crippen molar-refractivity contribution in [1.29, 1.82) is 0 Å². The minimum atomic E-state index is 0.875. The summed E-state index contributed by atoms with van der Waals surface area (Å²) >= 11 is 0. The third-order valence-electron chi connectivity index (χ3n) is 1.11. The molecule has 0 aromatic heterocycles. The molecule has 0 aromatic carbocycles. The van der Waals surface area contributed by atoms with E-state index in [9.17, 15) is 0 Å². The van der Waals surface area contributed by atoms with E-state index in [1.807, 2.05) is 41.2 Å². The van der Waals surface area contributed by atoms with Gasteiger partial charge in [-0.25, -0.2) is 0 Å². The third-order valence-corrected chi connectivity index (χ3v) is 8.98. The molecule has 1 aliphatic heterocycles. The highest BCUT2D eigenvalue weighted by Gasteiger charge is 2.16. The van der Waals surface area contributed by atoms with Crippen molar-refractivity contribution < 1.29 is 0 Å². The van der Waals surface area contributed by atoms with E-state index in [-0.39, 0.29) is 0 Å². The molecule has 0 spiro atoms. The summed E-state index contributed by atoms with van der Waals surface area (Å²) in [5, 5.41) is 0. The van der Waals surface area contributed by atoms with Crippen LogP contribution in [0.25, 0.3) is 0 Å². The van der Waals surface area contributed by atoms with Crippen molar-refractivity contribution in [2.75, 3.05) is 0 Å². The lowest BCUT2D eigenvalue weighted by Gasteiger charge is -2.01. The topological polar surface area (TPSA) is 0 Å². The van der Waals surface area contributed by atoms with E-state index >= 15 is 0 Å². The quantitative estimate of drug-likeness (QED) is 0.623. The average Bonchev–Trinajstić information content (AvgIpc) is 2.34. The normalized spacial score (nSPS) is 21.0. The van der Waals surface area contributed by atoms with Gasteiger partial charge in [-0.05, 0) is 26.1 Å². The van der Waals surface area contributed by atoms with Gasteiger partial charge in [0.1, 0.15) is 0 Å². The molecule has 0 saturated carbocycles. The van der Waals surface area contributed by atoms with Crippen LogP contribution in [0.4, 0.5) is 0 Å². The van der Waals surface area contributed by atoms with Gasteiger partial charge >= 0.3 is 0 Å². The van der Waals surface area contributed by atoms with Crippen LogP contribution in [0.15, 0.2) is 0 Å². The summed E-state index contributed by atoms with van der Waals surface area (Å²) in [6.45, 7) is 2.25. The molecule has 1 fully saturated rings. The molecule has 0 N–H and O–H groups in total. The zero-order valence-corrected chi connectivity index (χ0v) is 8.60. The summed E-state index contributed by atoms with van der Waals surface area (Å²) in [5.41, 5.74) is 0. The first-order valence-electron chi connectivity index (χ1n) is 3.09. The summed E-state index contributed by atoms with van der Waals surface area (Å²) < 4.78 is 0.875. The van der Waals surface area contributed by atoms with Crippen molar-refractivity contribution in [2.45, 2.75) is 30.8 Å². The second-order valence-corrected chi connectivity index (χ2v) is 8.41. The monoisotopic (exact) mass is 198 g/mol. The lowest BCUT2D eigenvalue weighted by Crippen LogP contribution is -1.87. The molecule has 9 heavy (non-hydrogen) atoms. The van der Waals surface area contributed by atoms with Crippen molar-refractivity contribution in [1.82, 2.24) is 0 Å². The standard InChI is InChI=1S/C5H10S4/c1-2-3-4-5-6-8-9-7-5/h5H,2-4H2,1H3. The Bertz CT molecular complexity index is 69.4. The Kier molecular flexibility index (Phi) is 4.82. The van der Waals surface area contributed by atoms with Gasteiger partial charge in [-0.2, -0.15) is 0 Å². The van der Waals surface area contributed by atoms with Gasteiger partial charge < -0.3 is 0 Å². The summed E-state index contributed by atoms with van der Waals surface area (Å²) in [5.74, 6) is 0. The molecule has 1 saturated heterocycles. The molecule has 0 amide bonds. The third kappa shape index (κ3) is 3.35. The van der Waals surface area contributed by atoms with E-state index in [2.05, 4.69) is 6.92 Å². The second-order valence-electron chi connectivity index (χ2n) is 1.90. The van der Waals surface area contributed by atoms with Crippen LogP contribution in [0.5, 0.6) is 0 Å². The lowest BCUT2D eigenvalue weighted by atomic mass is 10.3. The lowest BCUT2D eigenvalue weighted by molar-refractivity contribution is 0.766. The molecule has 0 aromatic rings. The number of hydrogen-bond acceptors (Lipinski definition) is 4. The van der Waals surface area contributed by atoms with Gasteiger partial charge in [-0.3, -0.25) is 0 Å². The molecule has 0 unspecified atom stereocenters. The largest absolute Gasteiger partial charge is 0.0726 e. The van der Waals surface area contributed by atoms with E-state index in [4.69, 9.17) is 0 Å². The van der Waals surface area contributed by atoms with Crippen molar-refractivity contribution in [3.8, 4) is 0 Å². The maximum atomic E-state index is 2.25. The molecule has 1 heterocycles. The Morgan fingerprint density at radius 1 is 1.22 bits per heavy atom. The zero-order valence-electron chi connectivity index (χ0n) is 5.33. The maximum Gasteiger partial charge on any atom is 0.0726 e. The Balaban J connectivity index is 1.98. The predicted octanol–water partition coefficient (Wildman–Crippen LogP) is 4.19. The van der Waals surface area contributed by atoms with E-state index in [0.29, 0.717) is 0 Å². The Morgan fingerprint density at radius 3 is 2.44 bits per heavy atom. The minimum absolute atomic E-state index is 0.875. The van der Waals surface area contributed by atoms with Crippen molar-refractivity contribution in [3.05, 3.63) is 0 Å². The Morgan fingerprint density at radius 2 is 1.89 bits per heavy atom. The van der Waals surface area contributed by atoms with E-state index in [1.165, 1.54) is 19.3 Å². The highest BCUT2D eigenvalue weighted by atomic mass is 33.7. The van der Waals surface area contributed by atoms with Gasteiger partial charge in [0.15, 0.2) is 0 Å². The fraction of sp³-hybridized carbons (Fsp3) is 1.00. The SMILES string of the molecule is CCCCC1SSSS1. The van der Waals surface area contributed by atoms with E-state index in [1.54, 1.807) is 0 Å².